The van der Waals surface area contributed by atoms with Gasteiger partial charge in [0.1, 0.15) is 0 Å². The highest BCUT2D eigenvalue weighted by atomic mass is 16.1. The lowest BCUT2D eigenvalue weighted by Crippen LogP contribution is -2.09. The summed E-state index contributed by atoms with van der Waals surface area (Å²) in [4.78, 5) is 25.4. The molecule has 0 unspecified atom stereocenters. The number of nitrogens with one attached hydrogen (secondary N) is 2. The molecule has 0 aliphatic carbocycles. The molecule has 1 heterocycles. The van der Waals surface area contributed by atoms with E-state index >= 15 is 0 Å². The van der Waals surface area contributed by atoms with Crippen LogP contribution in [-0.2, 0) is 0 Å². The molecule has 6 aromatic rings. The molecule has 24 heavy (non-hydrogen) atoms. The molecule has 2 N–H and O–H groups in total. The first kappa shape index (κ1) is 12.1. The normalized spacial score (nSPS) is 12.5. The van der Waals surface area contributed by atoms with Gasteiger partial charge in [-0.3, -0.25) is 9.59 Å². The lowest BCUT2D eigenvalue weighted by Gasteiger charge is -2.16. The maximum atomic E-state index is 12.7. The average Bonchev–Trinajstić information content (AvgIpc) is 2.61. The highest BCUT2D eigenvalue weighted by molar-refractivity contribution is 6.38. The number of benzene rings is 5. The molecule has 0 saturated carbocycles. The summed E-state index contributed by atoms with van der Waals surface area (Å²) in [7, 11) is 0. The van der Waals surface area contributed by atoms with Gasteiger partial charge in [-0.05, 0) is 35.0 Å². The third-order valence-electron chi connectivity index (χ3n) is 5.13. The molecular formula is C20H10N2O2. The minimum absolute atomic E-state index is 0.102. The van der Waals surface area contributed by atoms with Crippen LogP contribution in [0.25, 0.3) is 54.1 Å². The van der Waals surface area contributed by atoms with Crippen molar-refractivity contribution in [2.45, 2.75) is 0 Å². The quantitative estimate of drug-likeness (QED) is 0.332. The monoisotopic (exact) mass is 310 g/mol. The maximum Gasteiger partial charge on any atom is 0.187 e. The predicted molar refractivity (Wildman–Crippen MR) is 97.6 cm³/mol. The Balaban J connectivity index is 2.27. The Morgan fingerprint density at radius 3 is 1.33 bits per heavy atom. The van der Waals surface area contributed by atoms with Gasteiger partial charge < -0.3 is 10.2 Å². The molecule has 0 atom stereocenters. The number of hydrogen-bond acceptors (Lipinski definition) is 2. The van der Waals surface area contributed by atoms with Gasteiger partial charge >= 0.3 is 0 Å². The molecule has 0 fully saturated rings. The van der Waals surface area contributed by atoms with Crippen molar-refractivity contribution in [3.63, 3.8) is 0 Å². The van der Waals surface area contributed by atoms with Crippen LogP contribution in [0.2, 0.25) is 0 Å². The SMILES string of the molecule is O=c1ccc2ccc3[nH][nH]c4ccc5ccc(=O)c6c1c2c3c4c56. The smallest absolute Gasteiger partial charge is 0.187 e. The molecule has 0 saturated heterocycles. The van der Waals surface area contributed by atoms with E-state index in [1.807, 2.05) is 36.4 Å². The van der Waals surface area contributed by atoms with Gasteiger partial charge in [-0.2, -0.15) is 0 Å². The standard InChI is InChI=1S/C20H10N2O2/c23-13-7-3-9-1-5-11-17-15(9)19(13)20-14(24)8-4-10-2-6-12(22-21-11)18(17)16(10)20/h1-8,21-22H. The van der Waals surface area contributed by atoms with E-state index in [4.69, 9.17) is 0 Å². The van der Waals surface area contributed by atoms with Crippen LogP contribution in [0.3, 0.4) is 0 Å². The zero-order valence-corrected chi connectivity index (χ0v) is 12.4. The molecule has 1 aromatic heterocycles. The highest BCUT2D eigenvalue weighted by Crippen LogP contribution is 2.41. The van der Waals surface area contributed by atoms with Crippen molar-refractivity contribution >= 4 is 54.1 Å². The summed E-state index contributed by atoms with van der Waals surface area (Å²) in [6.07, 6.45) is 0. The van der Waals surface area contributed by atoms with E-state index in [-0.39, 0.29) is 10.9 Å². The largest absolute Gasteiger partial charge is 0.300 e. The summed E-state index contributed by atoms with van der Waals surface area (Å²) in [5.41, 5.74) is 1.65. The van der Waals surface area contributed by atoms with Crippen LogP contribution >= 0.6 is 0 Å². The van der Waals surface area contributed by atoms with E-state index in [1.54, 1.807) is 12.1 Å². The molecule has 0 aliphatic heterocycles. The van der Waals surface area contributed by atoms with E-state index < -0.39 is 0 Å². The van der Waals surface area contributed by atoms with Crippen molar-refractivity contribution in [1.29, 1.82) is 0 Å². The minimum atomic E-state index is -0.102. The van der Waals surface area contributed by atoms with Gasteiger partial charge in [0.2, 0.25) is 0 Å². The third-order valence-corrected chi connectivity index (χ3v) is 5.13. The lowest BCUT2D eigenvalue weighted by molar-refractivity contribution is 1.12. The maximum absolute atomic E-state index is 12.7. The van der Waals surface area contributed by atoms with E-state index in [0.717, 1.165) is 43.4 Å². The summed E-state index contributed by atoms with van der Waals surface area (Å²) in [5.74, 6) is 0. The Hall–Kier alpha value is -3.40. The van der Waals surface area contributed by atoms with Crippen LogP contribution in [0.1, 0.15) is 0 Å². The van der Waals surface area contributed by atoms with Crippen LogP contribution in [0.4, 0.5) is 0 Å². The topological polar surface area (TPSA) is 65.7 Å². The van der Waals surface area contributed by atoms with E-state index in [1.165, 1.54) is 0 Å². The van der Waals surface area contributed by atoms with Crippen LogP contribution < -0.4 is 10.9 Å². The van der Waals surface area contributed by atoms with Gasteiger partial charge in [-0.25, -0.2) is 0 Å². The fraction of sp³-hybridized carbons (Fsp3) is 0. The molecule has 0 bridgehead atoms. The molecule has 0 spiro atoms. The first-order valence-electron chi connectivity index (χ1n) is 7.80. The highest BCUT2D eigenvalue weighted by Gasteiger charge is 2.20. The molecule has 0 radical (unpaired) electrons. The number of H-pyrrole nitrogens is 2. The second kappa shape index (κ2) is 3.74. The molecule has 112 valence electrons. The zero-order valence-electron chi connectivity index (χ0n) is 12.4. The molecule has 5 aromatic carbocycles. The summed E-state index contributed by atoms with van der Waals surface area (Å²) >= 11 is 0. The molecule has 4 heteroatoms. The van der Waals surface area contributed by atoms with Gasteiger partial charge in [0, 0.05) is 32.3 Å². The summed E-state index contributed by atoms with van der Waals surface area (Å²) in [5, 5.41) is 13.2. The van der Waals surface area contributed by atoms with Gasteiger partial charge in [0.05, 0.1) is 11.0 Å². The third kappa shape index (κ3) is 1.19. The summed E-state index contributed by atoms with van der Waals surface area (Å²) < 4.78 is 0. The average molecular weight is 310 g/mol. The minimum Gasteiger partial charge on any atom is -0.300 e. The zero-order chi connectivity index (χ0) is 16.0. The first-order valence-corrected chi connectivity index (χ1v) is 7.80. The molecule has 4 nitrogen and oxygen atoms in total. The second-order valence-electron chi connectivity index (χ2n) is 6.30. The second-order valence-corrected chi connectivity index (χ2v) is 6.30. The van der Waals surface area contributed by atoms with Crippen LogP contribution in [0, 0.1) is 0 Å². The van der Waals surface area contributed by atoms with Gasteiger partial charge in [-0.1, -0.05) is 24.3 Å². The number of aromatic amines is 2. The number of fused-ring (bicyclic) bond motifs is 1. The van der Waals surface area contributed by atoms with E-state index in [2.05, 4.69) is 10.2 Å². The van der Waals surface area contributed by atoms with Crippen molar-refractivity contribution in [3.8, 4) is 0 Å². The summed E-state index contributed by atoms with van der Waals surface area (Å²) in [6, 6.07) is 14.8. The Morgan fingerprint density at radius 2 is 0.875 bits per heavy atom. The molecule has 0 aliphatic rings. The molecule has 0 amide bonds. The number of rotatable bonds is 0. The van der Waals surface area contributed by atoms with Crippen molar-refractivity contribution in [1.82, 2.24) is 10.2 Å². The van der Waals surface area contributed by atoms with E-state index in [0.29, 0.717) is 10.8 Å². The summed E-state index contributed by atoms with van der Waals surface area (Å²) in [6.45, 7) is 0. The first-order chi connectivity index (χ1) is 11.7. The van der Waals surface area contributed by atoms with Crippen LogP contribution in [0.5, 0.6) is 0 Å². The number of hydrogen-bond donors (Lipinski definition) is 2. The Labute approximate surface area is 134 Å². The molecular weight excluding hydrogens is 300 g/mol. The van der Waals surface area contributed by atoms with Crippen molar-refractivity contribution in [2.24, 2.45) is 0 Å². The predicted octanol–water partition coefficient (Wildman–Crippen LogP) is 3.70. The Bertz CT molecular complexity index is 1410. The number of aromatic nitrogens is 2. The molecule has 6 rings (SSSR count). The Morgan fingerprint density at radius 1 is 0.458 bits per heavy atom. The van der Waals surface area contributed by atoms with E-state index in [9.17, 15) is 9.59 Å². The van der Waals surface area contributed by atoms with Gasteiger partial charge in [0.25, 0.3) is 0 Å². The van der Waals surface area contributed by atoms with Crippen LogP contribution in [0.15, 0.2) is 58.1 Å². The van der Waals surface area contributed by atoms with Crippen molar-refractivity contribution < 1.29 is 0 Å². The lowest BCUT2D eigenvalue weighted by atomic mass is 9.88. The van der Waals surface area contributed by atoms with Gasteiger partial charge in [0.15, 0.2) is 10.9 Å². The van der Waals surface area contributed by atoms with Gasteiger partial charge in [-0.15, -0.1) is 0 Å². The Kier molecular flexibility index (Phi) is 1.88. The fourth-order valence-corrected chi connectivity index (χ4v) is 4.16. The van der Waals surface area contributed by atoms with Crippen molar-refractivity contribution in [2.75, 3.05) is 0 Å². The van der Waals surface area contributed by atoms with Crippen LogP contribution in [-0.4, -0.2) is 10.2 Å². The fourth-order valence-electron chi connectivity index (χ4n) is 4.16. The van der Waals surface area contributed by atoms with Crippen molar-refractivity contribution in [3.05, 3.63) is 69.0 Å².